The molecule has 6 nitrogen and oxygen atoms in total. The van der Waals surface area contributed by atoms with Crippen LogP contribution in [0.3, 0.4) is 0 Å². The van der Waals surface area contributed by atoms with Crippen molar-refractivity contribution in [2.24, 2.45) is 0 Å². The van der Waals surface area contributed by atoms with Gasteiger partial charge >= 0.3 is 0 Å². The Morgan fingerprint density at radius 2 is 1.84 bits per heavy atom. The number of amides is 1. The SMILES string of the molecule is CCc1ccc(-n2nc(C)c3c(C)cc(=O)n(CC(=O)Nc4cccc(Cl)c4)c32)cc1. The first-order chi connectivity index (χ1) is 14.9. The number of nitrogens with zero attached hydrogens (tertiary/aromatic N) is 3. The fourth-order valence-electron chi connectivity index (χ4n) is 3.78. The van der Waals surface area contributed by atoms with Crippen molar-refractivity contribution in [2.45, 2.75) is 33.7 Å². The van der Waals surface area contributed by atoms with Gasteiger partial charge < -0.3 is 5.32 Å². The second kappa shape index (κ2) is 8.40. The van der Waals surface area contributed by atoms with E-state index < -0.39 is 0 Å². The maximum Gasteiger partial charge on any atom is 0.252 e. The number of hydrogen-bond acceptors (Lipinski definition) is 3. The Kier molecular flexibility index (Phi) is 5.65. The lowest BCUT2D eigenvalue weighted by molar-refractivity contribution is -0.116. The van der Waals surface area contributed by atoms with E-state index in [1.165, 1.54) is 10.1 Å². The number of fused-ring (bicyclic) bond motifs is 1. The summed E-state index contributed by atoms with van der Waals surface area (Å²) in [7, 11) is 0. The Labute approximate surface area is 185 Å². The van der Waals surface area contributed by atoms with Crippen molar-refractivity contribution in [3.63, 3.8) is 0 Å². The monoisotopic (exact) mass is 434 g/mol. The molecule has 0 atom stereocenters. The molecule has 7 heteroatoms. The molecule has 0 unspecified atom stereocenters. The Balaban J connectivity index is 1.80. The van der Waals surface area contributed by atoms with Gasteiger partial charge in [0.15, 0.2) is 0 Å². The molecule has 0 aliphatic heterocycles. The molecule has 2 aromatic carbocycles. The van der Waals surface area contributed by atoms with E-state index in [1.807, 2.05) is 38.1 Å². The molecule has 0 aliphatic rings. The minimum absolute atomic E-state index is 0.139. The van der Waals surface area contributed by atoms with Crippen LogP contribution in [0.4, 0.5) is 5.69 Å². The number of pyridine rings is 1. The molecule has 31 heavy (non-hydrogen) atoms. The number of hydrogen-bond donors (Lipinski definition) is 1. The van der Waals surface area contributed by atoms with E-state index in [2.05, 4.69) is 17.3 Å². The van der Waals surface area contributed by atoms with Crippen LogP contribution in [0.25, 0.3) is 16.7 Å². The predicted molar refractivity (Wildman–Crippen MR) is 124 cm³/mol. The molecule has 0 aliphatic carbocycles. The average molecular weight is 435 g/mol. The molecular weight excluding hydrogens is 412 g/mol. The zero-order chi connectivity index (χ0) is 22.1. The Morgan fingerprint density at radius 3 is 2.52 bits per heavy atom. The highest BCUT2D eigenvalue weighted by atomic mass is 35.5. The van der Waals surface area contributed by atoms with E-state index in [9.17, 15) is 9.59 Å². The molecule has 0 radical (unpaired) electrons. The van der Waals surface area contributed by atoms with E-state index >= 15 is 0 Å². The maximum atomic E-state index is 12.9. The number of aromatic nitrogens is 3. The largest absolute Gasteiger partial charge is 0.324 e. The Bertz CT molecular complexity index is 1340. The second-order valence-electron chi connectivity index (χ2n) is 7.53. The number of carbonyl (C=O) groups excluding carboxylic acids is 1. The van der Waals surface area contributed by atoms with E-state index in [0.29, 0.717) is 16.4 Å². The normalized spacial score (nSPS) is 11.1. The van der Waals surface area contributed by atoms with E-state index in [4.69, 9.17) is 11.6 Å². The number of aryl methyl sites for hydroxylation is 3. The second-order valence-corrected chi connectivity index (χ2v) is 7.96. The van der Waals surface area contributed by atoms with Gasteiger partial charge in [-0.25, -0.2) is 4.68 Å². The summed E-state index contributed by atoms with van der Waals surface area (Å²) >= 11 is 6.00. The van der Waals surface area contributed by atoms with Crippen LogP contribution < -0.4 is 10.9 Å². The van der Waals surface area contributed by atoms with Crippen LogP contribution in [0.2, 0.25) is 5.02 Å². The van der Waals surface area contributed by atoms with Crippen molar-refractivity contribution in [2.75, 3.05) is 5.32 Å². The van der Waals surface area contributed by atoms with Crippen LogP contribution in [0.1, 0.15) is 23.7 Å². The molecule has 4 aromatic rings. The summed E-state index contributed by atoms with van der Waals surface area (Å²) in [6, 6.07) is 16.5. The lowest BCUT2D eigenvalue weighted by atomic mass is 10.1. The van der Waals surface area contributed by atoms with E-state index in [0.717, 1.165) is 28.8 Å². The third kappa shape index (κ3) is 4.11. The topological polar surface area (TPSA) is 68.9 Å². The molecule has 1 amide bonds. The van der Waals surface area contributed by atoms with Crippen molar-refractivity contribution >= 4 is 34.2 Å². The van der Waals surface area contributed by atoms with E-state index in [-0.39, 0.29) is 18.0 Å². The van der Waals surface area contributed by atoms with Crippen molar-refractivity contribution in [3.05, 3.63) is 86.8 Å². The van der Waals surface area contributed by atoms with Gasteiger partial charge in [-0.15, -0.1) is 0 Å². The molecule has 0 bridgehead atoms. The lowest BCUT2D eigenvalue weighted by Crippen LogP contribution is -2.29. The van der Waals surface area contributed by atoms with Crippen LogP contribution in [0.5, 0.6) is 0 Å². The zero-order valence-corrected chi connectivity index (χ0v) is 18.4. The smallest absolute Gasteiger partial charge is 0.252 e. The van der Waals surface area contributed by atoms with Crippen molar-refractivity contribution in [1.29, 1.82) is 0 Å². The lowest BCUT2D eigenvalue weighted by Gasteiger charge is -2.13. The van der Waals surface area contributed by atoms with Crippen molar-refractivity contribution in [1.82, 2.24) is 14.3 Å². The first-order valence-corrected chi connectivity index (χ1v) is 10.5. The highest BCUT2D eigenvalue weighted by Crippen LogP contribution is 2.24. The predicted octanol–water partition coefficient (Wildman–Crippen LogP) is 4.66. The van der Waals surface area contributed by atoms with Crippen LogP contribution in [-0.2, 0) is 17.8 Å². The quantitative estimate of drug-likeness (QED) is 0.496. The standard InChI is InChI=1S/C24H23ClN4O2/c1-4-17-8-10-20(11-9-17)29-24-23(16(3)27-29)15(2)12-22(31)28(24)14-21(30)26-19-7-5-6-18(25)13-19/h5-13H,4,14H2,1-3H3,(H,26,30). The minimum atomic E-state index is -0.318. The van der Waals surface area contributed by atoms with Crippen LogP contribution in [0.15, 0.2) is 59.4 Å². The fourth-order valence-corrected chi connectivity index (χ4v) is 3.97. The summed E-state index contributed by atoms with van der Waals surface area (Å²) in [6.45, 7) is 5.76. The van der Waals surface area contributed by atoms with Crippen LogP contribution in [-0.4, -0.2) is 20.3 Å². The van der Waals surface area contributed by atoms with Gasteiger partial charge in [-0.3, -0.25) is 14.2 Å². The summed E-state index contributed by atoms with van der Waals surface area (Å²) < 4.78 is 3.21. The molecule has 1 N–H and O–H groups in total. The number of rotatable bonds is 5. The third-order valence-corrected chi connectivity index (χ3v) is 5.53. The molecule has 0 spiro atoms. The molecule has 158 valence electrons. The molecule has 2 heterocycles. The van der Waals surface area contributed by atoms with Gasteiger partial charge in [0.25, 0.3) is 5.56 Å². The number of nitrogens with one attached hydrogen (secondary N) is 1. The minimum Gasteiger partial charge on any atom is -0.324 e. The molecule has 0 fully saturated rings. The molecule has 4 rings (SSSR count). The van der Waals surface area contributed by atoms with Gasteiger partial charge in [0, 0.05) is 22.2 Å². The van der Waals surface area contributed by atoms with E-state index in [1.54, 1.807) is 35.0 Å². The molecule has 0 saturated carbocycles. The van der Waals surface area contributed by atoms with Crippen molar-refractivity contribution in [3.8, 4) is 5.69 Å². The Morgan fingerprint density at radius 1 is 1.10 bits per heavy atom. The first-order valence-electron chi connectivity index (χ1n) is 10.1. The summed E-state index contributed by atoms with van der Waals surface area (Å²) in [5.41, 5.74) is 4.62. The zero-order valence-electron chi connectivity index (χ0n) is 17.6. The van der Waals surface area contributed by atoms with Gasteiger partial charge in [0.1, 0.15) is 12.2 Å². The van der Waals surface area contributed by atoms with Gasteiger partial charge in [0.05, 0.1) is 11.4 Å². The summed E-state index contributed by atoms with van der Waals surface area (Å²) in [4.78, 5) is 25.7. The Hall–Kier alpha value is -3.38. The number of halogens is 1. The fraction of sp³-hybridized carbons (Fsp3) is 0.208. The highest BCUT2D eigenvalue weighted by molar-refractivity contribution is 6.30. The molecule has 2 aromatic heterocycles. The van der Waals surface area contributed by atoms with Gasteiger partial charge in [-0.05, 0) is 61.7 Å². The summed E-state index contributed by atoms with van der Waals surface area (Å²) in [5.74, 6) is -0.318. The van der Waals surface area contributed by atoms with Crippen LogP contribution >= 0.6 is 11.6 Å². The summed E-state index contributed by atoms with van der Waals surface area (Å²) in [6.07, 6.45) is 0.937. The molecule has 0 saturated heterocycles. The van der Waals surface area contributed by atoms with Crippen LogP contribution in [0, 0.1) is 13.8 Å². The third-order valence-electron chi connectivity index (χ3n) is 5.29. The first kappa shape index (κ1) is 20.9. The van der Waals surface area contributed by atoms with Crippen molar-refractivity contribution < 1.29 is 4.79 Å². The highest BCUT2D eigenvalue weighted by Gasteiger charge is 2.19. The average Bonchev–Trinajstić information content (AvgIpc) is 3.08. The van der Waals surface area contributed by atoms with Gasteiger partial charge in [0.2, 0.25) is 5.91 Å². The summed E-state index contributed by atoms with van der Waals surface area (Å²) in [5, 5.41) is 8.89. The maximum absolute atomic E-state index is 12.9. The number of carbonyl (C=O) groups is 1. The van der Waals surface area contributed by atoms with Gasteiger partial charge in [-0.1, -0.05) is 36.7 Å². The van der Waals surface area contributed by atoms with Gasteiger partial charge in [-0.2, -0.15) is 5.10 Å². The number of benzene rings is 2. The number of anilines is 1. The molecular formula is C24H23ClN4O2.